The molecule has 1 amide bonds. The number of amides is 1. The summed E-state index contributed by atoms with van der Waals surface area (Å²) in [5, 5.41) is 42.3. The number of rotatable bonds is 6. The Kier molecular flexibility index (Phi) is 6.98. The van der Waals surface area contributed by atoms with Gasteiger partial charge in [-0.3, -0.25) is 14.2 Å². The highest BCUT2D eigenvalue weighted by Crippen LogP contribution is 2.42. The van der Waals surface area contributed by atoms with Crippen LogP contribution >= 0.6 is 0 Å². The SMILES string of the molecule is O=C(Nc1ccn([C@H]2C[C@H](O)[C@@H](CO)O2)c(=O)n1)c1ccc(-c2c3ccc(=O)cc-3oc3cc(O)ccc23)c(C(=O)O)c1. The van der Waals surface area contributed by atoms with Gasteiger partial charge in [0.2, 0.25) is 0 Å². The number of hydrogen-bond donors (Lipinski definition) is 5. The predicted octanol–water partition coefficient (Wildman–Crippen LogP) is 2.42. The van der Waals surface area contributed by atoms with Crippen LogP contribution in [0.4, 0.5) is 5.82 Å². The lowest BCUT2D eigenvalue weighted by atomic mass is 9.90. The summed E-state index contributed by atoms with van der Waals surface area (Å²) in [5.74, 6) is -2.06. The van der Waals surface area contributed by atoms with Gasteiger partial charge in [-0.15, -0.1) is 0 Å². The van der Waals surface area contributed by atoms with Crippen molar-refractivity contribution in [2.75, 3.05) is 11.9 Å². The number of phenolic OH excluding ortho intramolecular Hbond substituents is 1. The first-order valence-electron chi connectivity index (χ1n) is 13.0. The number of ether oxygens (including phenoxy) is 1. The van der Waals surface area contributed by atoms with Crippen LogP contribution in [0.25, 0.3) is 33.4 Å². The Bertz CT molecular complexity index is 2000. The van der Waals surface area contributed by atoms with Crippen molar-refractivity contribution < 1.29 is 39.2 Å². The van der Waals surface area contributed by atoms with Crippen LogP contribution in [0.1, 0.15) is 33.4 Å². The van der Waals surface area contributed by atoms with E-state index >= 15 is 0 Å². The van der Waals surface area contributed by atoms with Crippen molar-refractivity contribution in [3.05, 3.63) is 98.7 Å². The van der Waals surface area contributed by atoms with Crippen LogP contribution in [-0.4, -0.2) is 60.7 Å². The third-order valence-corrected chi connectivity index (χ3v) is 7.22. The molecule has 1 aliphatic carbocycles. The Balaban J connectivity index is 1.35. The number of anilines is 1. The molecule has 13 heteroatoms. The quantitative estimate of drug-likeness (QED) is 0.183. The number of phenols is 1. The first kappa shape index (κ1) is 27.8. The molecule has 0 radical (unpaired) electrons. The zero-order valence-corrected chi connectivity index (χ0v) is 22.1. The highest BCUT2D eigenvalue weighted by atomic mass is 16.5. The van der Waals surface area contributed by atoms with Gasteiger partial charge in [0.05, 0.1) is 18.3 Å². The molecule has 13 nitrogen and oxygen atoms in total. The van der Waals surface area contributed by atoms with Crippen LogP contribution in [0.5, 0.6) is 5.75 Å². The van der Waals surface area contributed by atoms with Crippen molar-refractivity contribution in [3.63, 3.8) is 0 Å². The summed E-state index contributed by atoms with van der Waals surface area (Å²) in [5.41, 5.74) is -0.0172. The average molecular weight is 586 g/mol. The topological polar surface area (TPSA) is 201 Å². The Hall–Kier alpha value is -5.37. The van der Waals surface area contributed by atoms with E-state index in [0.29, 0.717) is 16.5 Å². The molecule has 218 valence electrons. The summed E-state index contributed by atoms with van der Waals surface area (Å²) >= 11 is 0. The third-order valence-electron chi connectivity index (χ3n) is 7.22. The van der Waals surface area contributed by atoms with E-state index in [4.69, 9.17) is 9.15 Å². The zero-order chi connectivity index (χ0) is 30.4. The van der Waals surface area contributed by atoms with Gasteiger partial charge >= 0.3 is 11.7 Å². The maximum Gasteiger partial charge on any atom is 0.351 e. The summed E-state index contributed by atoms with van der Waals surface area (Å²) in [6.07, 6.45) is -1.23. The highest BCUT2D eigenvalue weighted by Gasteiger charge is 2.35. The van der Waals surface area contributed by atoms with Crippen molar-refractivity contribution in [1.82, 2.24) is 9.55 Å². The molecule has 1 aromatic heterocycles. The van der Waals surface area contributed by atoms with E-state index in [9.17, 15) is 39.6 Å². The summed E-state index contributed by atoms with van der Waals surface area (Å²) in [6.45, 7) is -0.415. The van der Waals surface area contributed by atoms with Crippen molar-refractivity contribution in [1.29, 1.82) is 0 Å². The molecular weight excluding hydrogens is 562 g/mol. The largest absolute Gasteiger partial charge is 0.508 e. The Labute approximate surface area is 241 Å². The summed E-state index contributed by atoms with van der Waals surface area (Å²) in [7, 11) is 0. The molecule has 0 saturated carbocycles. The molecule has 5 N–H and O–H groups in total. The number of aliphatic hydroxyl groups is 2. The number of fused-ring (bicyclic) bond motifs is 2. The van der Waals surface area contributed by atoms with Gasteiger partial charge in [0.1, 0.15) is 35.2 Å². The van der Waals surface area contributed by atoms with Gasteiger partial charge in [-0.25, -0.2) is 9.59 Å². The van der Waals surface area contributed by atoms with Crippen LogP contribution in [0.3, 0.4) is 0 Å². The Morgan fingerprint density at radius 2 is 1.81 bits per heavy atom. The second-order valence-corrected chi connectivity index (χ2v) is 9.95. The molecule has 1 fully saturated rings. The molecule has 43 heavy (non-hydrogen) atoms. The third kappa shape index (κ3) is 5.12. The number of carboxylic acids is 1. The lowest BCUT2D eigenvalue weighted by Crippen LogP contribution is -2.28. The zero-order valence-electron chi connectivity index (χ0n) is 22.1. The molecule has 3 heterocycles. The number of benzene rings is 3. The van der Waals surface area contributed by atoms with E-state index in [1.807, 2.05) is 0 Å². The number of aromatic carboxylic acids is 1. The number of nitrogens with one attached hydrogen (secondary N) is 1. The highest BCUT2D eigenvalue weighted by molar-refractivity contribution is 6.10. The number of carbonyl (C=O) groups excluding carboxylic acids is 1. The molecule has 0 spiro atoms. The van der Waals surface area contributed by atoms with Gasteiger partial charge in [-0.05, 0) is 48.0 Å². The molecule has 0 unspecified atom stereocenters. The summed E-state index contributed by atoms with van der Waals surface area (Å²) in [6, 6.07) is 13.8. The monoisotopic (exact) mass is 585 g/mol. The van der Waals surface area contributed by atoms with E-state index < -0.39 is 42.6 Å². The molecule has 6 rings (SSSR count). The van der Waals surface area contributed by atoms with E-state index in [1.54, 1.807) is 6.07 Å². The number of aromatic nitrogens is 2. The fourth-order valence-electron chi connectivity index (χ4n) is 5.17. The van der Waals surface area contributed by atoms with Gasteiger partial charge in [-0.1, -0.05) is 6.07 Å². The van der Waals surface area contributed by atoms with Crippen molar-refractivity contribution >= 4 is 28.7 Å². The second-order valence-electron chi connectivity index (χ2n) is 9.95. The second kappa shape index (κ2) is 10.8. The number of carbonyl (C=O) groups is 2. The number of aromatic hydroxyl groups is 1. The van der Waals surface area contributed by atoms with Crippen LogP contribution in [-0.2, 0) is 4.74 Å². The van der Waals surface area contributed by atoms with E-state index in [2.05, 4.69) is 10.3 Å². The van der Waals surface area contributed by atoms with Gasteiger partial charge in [0, 0.05) is 46.8 Å². The molecule has 3 aromatic rings. The maximum absolute atomic E-state index is 13.1. The molecule has 2 aliphatic heterocycles. The van der Waals surface area contributed by atoms with Gasteiger partial charge in [-0.2, -0.15) is 4.98 Å². The first-order chi connectivity index (χ1) is 20.6. The number of aliphatic hydroxyl groups excluding tert-OH is 2. The van der Waals surface area contributed by atoms with Crippen molar-refractivity contribution in [2.24, 2.45) is 0 Å². The molecule has 0 bridgehead atoms. The minimum Gasteiger partial charge on any atom is -0.508 e. The van der Waals surface area contributed by atoms with Gasteiger partial charge in [0.25, 0.3) is 5.91 Å². The molecule has 1 saturated heterocycles. The lowest BCUT2D eigenvalue weighted by molar-refractivity contribution is -0.0458. The molecule has 2 aromatic carbocycles. The molecule has 3 atom stereocenters. The van der Waals surface area contributed by atoms with Crippen molar-refractivity contribution in [3.8, 4) is 28.2 Å². The fourth-order valence-corrected chi connectivity index (χ4v) is 5.17. The fraction of sp³-hybridized carbons (Fsp3) is 0.167. The van der Waals surface area contributed by atoms with Crippen molar-refractivity contribution in [2.45, 2.75) is 24.9 Å². The average Bonchev–Trinajstić information content (AvgIpc) is 3.35. The van der Waals surface area contributed by atoms with Crippen LogP contribution < -0.4 is 16.4 Å². The predicted molar refractivity (Wildman–Crippen MR) is 151 cm³/mol. The summed E-state index contributed by atoms with van der Waals surface area (Å²) in [4.78, 5) is 54.0. The Morgan fingerprint density at radius 1 is 1.02 bits per heavy atom. The standard InChI is InChI=1S/C30H23N3O10/c34-13-24-21(37)12-26(43-24)33-8-7-25(32-30(33)41)31-28(38)14-1-4-17(20(9-14)29(39)40)27-18-5-2-15(35)10-22(18)42-23-11-16(36)3-6-19(23)27/h1-11,21,24,26,34-35,37H,12-13H2,(H,39,40)(H,31,32,38,41)/t21-,24+,26+/m0/s1. The number of hydrogen-bond acceptors (Lipinski definition) is 10. The minimum atomic E-state index is -1.33. The van der Waals surface area contributed by atoms with Gasteiger partial charge in [0.15, 0.2) is 5.43 Å². The van der Waals surface area contributed by atoms with E-state index in [-0.39, 0.29) is 51.5 Å². The first-order valence-corrected chi connectivity index (χ1v) is 13.0. The van der Waals surface area contributed by atoms with E-state index in [0.717, 1.165) is 4.57 Å². The minimum absolute atomic E-state index is 0.0334. The molecule has 3 aliphatic rings. The lowest BCUT2D eigenvalue weighted by Gasteiger charge is -2.17. The Morgan fingerprint density at radius 3 is 2.53 bits per heavy atom. The van der Waals surface area contributed by atoms with Crippen LogP contribution in [0.15, 0.2) is 80.9 Å². The van der Waals surface area contributed by atoms with Gasteiger partial charge < -0.3 is 34.9 Å². The smallest absolute Gasteiger partial charge is 0.351 e. The normalized spacial score (nSPS) is 18.2. The van der Waals surface area contributed by atoms with Crippen LogP contribution in [0, 0.1) is 0 Å². The number of carboxylic acid groups (broad SMARTS) is 1. The number of nitrogens with zero attached hydrogens (tertiary/aromatic N) is 2. The van der Waals surface area contributed by atoms with Crippen LogP contribution in [0.2, 0.25) is 0 Å². The molecular formula is C30H23N3O10. The van der Waals surface area contributed by atoms with E-state index in [1.165, 1.54) is 60.8 Å². The summed E-state index contributed by atoms with van der Waals surface area (Å²) < 4.78 is 12.4. The maximum atomic E-state index is 13.1.